The molecule has 0 aromatic carbocycles. The molecule has 108 valence electrons. The van der Waals surface area contributed by atoms with E-state index in [1.54, 1.807) is 0 Å². The van der Waals surface area contributed by atoms with E-state index in [0.29, 0.717) is 11.6 Å². The summed E-state index contributed by atoms with van der Waals surface area (Å²) in [6, 6.07) is 0.679. The van der Waals surface area contributed by atoms with Crippen molar-refractivity contribution in [2.75, 3.05) is 25.9 Å². The Bertz CT molecular complexity index is 347. The molecule has 19 heavy (non-hydrogen) atoms. The molecule has 0 aromatic rings. The molecule has 0 radical (unpaired) electrons. The predicted octanol–water partition coefficient (Wildman–Crippen LogP) is 2.72. The third-order valence-electron chi connectivity index (χ3n) is 5.21. The van der Waals surface area contributed by atoms with Gasteiger partial charge in [0.05, 0.1) is 6.54 Å². The third-order valence-corrected chi connectivity index (χ3v) is 6.41. The van der Waals surface area contributed by atoms with Gasteiger partial charge >= 0.3 is 0 Å². The molecule has 1 atom stereocenters. The second-order valence-corrected chi connectivity index (χ2v) is 7.76. The molecule has 1 unspecified atom stereocenters. The maximum atomic E-state index is 4.85. The van der Waals surface area contributed by atoms with Crippen LogP contribution in [0.3, 0.4) is 0 Å². The maximum Gasteiger partial charge on any atom is 0.157 e. The van der Waals surface area contributed by atoms with Crippen LogP contribution in [-0.4, -0.2) is 47.5 Å². The summed E-state index contributed by atoms with van der Waals surface area (Å²) < 4.78 is 0. The van der Waals surface area contributed by atoms with E-state index in [9.17, 15) is 0 Å². The molecule has 1 aliphatic carbocycles. The average Bonchev–Trinajstić information content (AvgIpc) is 2.99. The Morgan fingerprint density at radius 1 is 1.37 bits per heavy atom. The van der Waals surface area contributed by atoms with Crippen molar-refractivity contribution in [1.29, 1.82) is 0 Å². The number of amidine groups is 1. The maximum absolute atomic E-state index is 4.85. The summed E-state index contributed by atoms with van der Waals surface area (Å²) in [5, 5.41) is 4.98. The summed E-state index contributed by atoms with van der Waals surface area (Å²) in [6.45, 7) is 4.62. The fraction of sp³-hybridized carbons (Fsp3) is 0.933. The Kier molecular flexibility index (Phi) is 4.08. The molecule has 0 amide bonds. The highest BCUT2D eigenvalue weighted by Gasteiger charge is 2.39. The fourth-order valence-corrected chi connectivity index (χ4v) is 4.80. The first kappa shape index (κ1) is 13.7. The number of likely N-dealkylation sites (tertiary alicyclic amines) is 1. The number of hydrogen-bond donors (Lipinski definition) is 1. The van der Waals surface area contributed by atoms with Gasteiger partial charge in [-0.3, -0.25) is 4.99 Å². The number of nitrogens with one attached hydrogen (secondary N) is 1. The zero-order valence-corrected chi connectivity index (χ0v) is 13.1. The minimum absolute atomic E-state index is 0.386. The van der Waals surface area contributed by atoms with Crippen LogP contribution < -0.4 is 5.32 Å². The highest BCUT2D eigenvalue weighted by atomic mass is 32.2. The second-order valence-electron chi connectivity index (χ2n) is 6.80. The molecule has 4 heteroatoms. The van der Waals surface area contributed by atoms with Gasteiger partial charge < -0.3 is 10.2 Å². The van der Waals surface area contributed by atoms with E-state index in [2.05, 4.69) is 24.2 Å². The summed E-state index contributed by atoms with van der Waals surface area (Å²) in [4.78, 5) is 7.31. The van der Waals surface area contributed by atoms with Crippen LogP contribution in [-0.2, 0) is 0 Å². The lowest BCUT2D eigenvalue weighted by atomic mass is 9.78. The highest BCUT2D eigenvalue weighted by molar-refractivity contribution is 8.14. The molecule has 1 saturated carbocycles. The van der Waals surface area contributed by atoms with Gasteiger partial charge in [0.1, 0.15) is 0 Å². The minimum Gasteiger partial charge on any atom is -0.359 e. The molecule has 3 nitrogen and oxygen atoms in total. The van der Waals surface area contributed by atoms with Crippen molar-refractivity contribution in [2.45, 2.75) is 57.0 Å². The zero-order valence-electron chi connectivity index (χ0n) is 12.3. The molecule has 0 bridgehead atoms. The lowest BCUT2D eigenvalue weighted by molar-refractivity contribution is 0.250. The smallest absolute Gasteiger partial charge is 0.157 e. The molecule has 1 spiro atoms. The fourth-order valence-electron chi connectivity index (χ4n) is 3.57. The van der Waals surface area contributed by atoms with E-state index >= 15 is 0 Å². The van der Waals surface area contributed by atoms with Gasteiger partial charge in [-0.1, -0.05) is 18.7 Å². The third kappa shape index (κ3) is 3.10. The van der Waals surface area contributed by atoms with Gasteiger partial charge in [0.2, 0.25) is 0 Å². The van der Waals surface area contributed by atoms with E-state index in [-0.39, 0.29) is 0 Å². The molecule has 2 aliphatic heterocycles. The lowest BCUT2D eigenvalue weighted by Gasteiger charge is -2.35. The predicted molar refractivity (Wildman–Crippen MR) is 83.9 cm³/mol. The highest BCUT2D eigenvalue weighted by Crippen LogP contribution is 2.38. The van der Waals surface area contributed by atoms with Crippen LogP contribution in [0.1, 0.15) is 45.4 Å². The largest absolute Gasteiger partial charge is 0.359 e. The Balaban J connectivity index is 1.53. The Morgan fingerprint density at radius 2 is 2.16 bits per heavy atom. The summed E-state index contributed by atoms with van der Waals surface area (Å²) in [5.74, 6) is 2.16. The van der Waals surface area contributed by atoms with Crippen LogP contribution in [0, 0.1) is 5.92 Å². The molecule has 3 rings (SSSR count). The van der Waals surface area contributed by atoms with E-state index in [1.807, 2.05) is 11.8 Å². The van der Waals surface area contributed by atoms with Gasteiger partial charge in [-0.2, -0.15) is 0 Å². The van der Waals surface area contributed by atoms with Gasteiger partial charge in [-0.05, 0) is 58.0 Å². The number of hydrogen-bond acceptors (Lipinski definition) is 3. The minimum atomic E-state index is 0.386. The molecule has 0 aromatic heterocycles. The van der Waals surface area contributed by atoms with E-state index in [0.717, 1.165) is 12.5 Å². The second kappa shape index (κ2) is 5.65. The zero-order chi connectivity index (χ0) is 13.3. The first-order valence-electron chi connectivity index (χ1n) is 7.83. The number of rotatable bonds is 2. The quantitative estimate of drug-likeness (QED) is 0.843. The van der Waals surface area contributed by atoms with Crippen molar-refractivity contribution < 1.29 is 0 Å². The number of nitrogens with zero attached hydrogens (tertiary/aromatic N) is 2. The summed E-state index contributed by atoms with van der Waals surface area (Å²) in [7, 11) is 2.23. The van der Waals surface area contributed by atoms with Crippen LogP contribution in [0.15, 0.2) is 4.99 Å². The molecular weight excluding hydrogens is 254 g/mol. The van der Waals surface area contributed by atoms with E-state index < -0.39 is 0 Å². The van der Waals surface area contributed by atoms with Crippen molar-refractivity contribution in [3.63, 3.8) is 0 Å². The SMILES string of the molecule is CC1CCC2(CC1)CSC(=NCC1CCCN1C)N2. The van der Waals surface area contributed by atoms with Gasteiger partial charge in [-0.25, -0.2) is 0 Å². The molecule has 1 N–H and O–H groups in total. The van der Waals surface area contributed by atoms with Gasteiger partial charge in [0.25, 0.3) is 0 Å². The van der Waals surface area contributed by atoms with Crippen LogP contribution in [0.25, 0.3) is 0 Å². The monoisotopic (exact) mass is 281 g/mol. The summed E-state index contributed by atoms with van der Waals surface area (Å²) in [5.41, 5.74) is 0.386. The lowest BCUT2D eigenvalue weighted by Crippen LogP contribution is -2.46. The Hall–Kier alpha value is -0.220. The number of thioether (sulfide) groups is 1. The van der Waals surface area contributed by atoms with Crippen molar-refractivity contribution in [1.82, 2.24) is 10.2 Å². The van der Waals surface area contributed by atoms with Crippen LogP contribution in [0.4, 0.5) is 0 Å². The molecule has 2 heterocycles. The van der Waals surface area contributed by atoms with Crippen LogP contribution in [0.5, 0.6) is 0 Å². The molecular formula is C15H27N3S. The average molecular weight is 281 g/mol. The first-order valence-corrected chi connectivity index (χ1v) is 8.81. The van der Waals surface area contributed by atoms with Gasteiger partial charge in [-0.15, -0.1) is 0 Å². The van der Waals surface area contributed by atoms with Crippen LogP contribution in [0.2, 0.25) is 0 Å². The molecule has 3 aliphatic rings. The first-order chi connectivity index (χ1) is 9.17. The normalized spacial score (nSPS) is 42.1. The summed E-state index contributed by atoms with van der Waals surface area (Å²) in [6.07, 6.45) is 8.10. The number of aliphatic imine (C=N–C) groups is 1. The van der Waals surface area contributed by atoms with Crippen molar-refractivity contribution >= 4 is 16.9 Å². The summed E-state index contributed by atoms with van der Waals surface area (Å²) >= 11 is 1.95. The van der Waals surface area contributed by atoms with E-state index in [1.165, 1.54) is 56.0 Å². The molecule has 2 saturated heterocycles. The van der Waals surface area contributed by atoms with Crippen molar-refractivity contribution in [2.24, 2.45) is 10.9 Å². The topological polar surface area (TPSA) is 27.6 Å². The molecule has 3 fully saturated rings. The standard InChI is InChI=1S/C15H27N3S/c1-12-5-7-15(8-6-12)11-19-14(17-15)16-10-13-4-3-9-18(13)2/h12-13H,3-11H2,1-2H3,(H,16,17). The van der Waals surface area contributed by atoms with Crippen LogP contribution >= 0.6 is 11.8 Å². The van der Waals surface area contributed by atoms with Gasteiger partial charge in [0, 0.05) is 17.3 Å². The Labute approximate surface area is 121 Å². The number of likely N-dealkylation sites (N-methyl/N-ethyl adjacent to an activating group) is 1. The van der Waals surface area contributed by atoms with Crippen molar-refractivity contribution in [3.05, 3.63) is 0 Å². The van der Waals surface area contributed by atoms with Gasteiger partial charge in [0.15, 0.2) is 5.17 Å². The van der Waals surface area contributed by atoms with Crippen molar-refractivity contribution in [3.8, 4) is 0 Å². The Morgan fingerprint density at radius 3 is 2.84 bits per heavy atom. The van der Waals surface area contributed by atoms with E-state index in [4.69, 9.17) is 4.99 Å².